The van der Waals surface area contributed by atoms with Crippen LogP contribution >= 0.6 is 0 Å². The van der Waals surface area contributed by atoms with Gasteiger partial charge in [-0.15, -0.1) is 0 Å². The number of nitro groups is 1. The second-order valence-corrected chi connectivity index (χ2v) is 6.00. The summed E-state index contributed by atoms with van der Waals surface area (Å²) in [6.07, 6.45) is 1.47. The van der Waals surface area contributed by atoms with Crippen LogP contribution in [0.5, 0.6) is 11.5 Å². The fourth-order valence-electron chi connectivity index (χ4n) is 2.36. The number of hydrogen-bond acceptors (Lipinski definition) is 6. The molecule has 0 spiro atoms. The number of methoxy groups -OCH3 is 1. The third-order valence-electron chi connectivity index (χ3n) is 3.77. The van der Waals surface area contributed by atoms with Crippen LogP contribution in [-0.2, 0) is 11.4 Å². The zero-order valence-electron chi connectivity index (χ0n) is 15.7. The molecule has 0 aliphatic rings. The van der Waals surface area contributed by atoms with E-state index in [-0.39, 0.29) is 17.9 Å². The Labute approximate surface area is 162 Å². The highest BCUT2D eigenvalue weighted by Crippen LogP contribution is 2.30. The lowest BCUT2D eigenvalue weighted by Gasteiger charge is -2.12. The van der Waals surface area contributed by atoms with Gasteiger partial charge in [0.15, 0.2) is 11.5 Å². The number of nitriles is 1. The van der Waals surface area contributed by atoms with Gasteiger partial charge in [-0.05, 0) is 29.3 Å². The van der Waals surface area contributed by atoms with Gasteiger partial charge in [0.25, 0.3) is 11.6 Å². The van der Waals surface area contributed by atoms with Crippen molar-refractivity contribution in [1.29, 1.82) is 5.26 Å². The fraction of sp³-hybridized carbons (Fsp3) is 0.200. The van der Waals surface area contributed by atoms with Crippen molar-refractivity contribution in [2.45, 2.75) is 6.61 Å². The molecule has 8 nitrogen and oxygen atoms in total. The van der Waals surface area contributed by atoms with Crippen LogP contribution in [0.25, 0.3) is 6.08 Å². The third-order valence-corrected chi connectivity index (χ3v) is 3.77. The molecule has 0 saturated carbocycles. The number of ether oxygens (including phenoxy) is 2. The number of non-ortho nitro benzene ring substituents is 1. The molecule has 0 bridgehead atoms. The van der Waals surface area contributed by atoms with Crippen molar-refractivity contribution >= 4 is 17.7 Å². The Morgan fingerprint density at radius 2 is 2.00 bits per heavy atom. The van der Waals surface area contributed by atoms with Gasteiger partial charge in [-0.25, -0.2) is 0 Å². The Morgan fingerprint density at radius 1 is 1.25 bits per heavy atom. The fourth-order valence-corrected chi connectivity index (χ4v) is 2.36. The number of rotatable bonds is 7. The molecule has 0 aliphatic heterocycles. The molecule has 28 heavy (non-hydrogen) atoms. The molecule has 2 aromatic rings. The first-order chi connectivity index (χ1) is 13.3. The standard InChI is InChI=1S/C20H19N3O5/c1-22(2)20(24)16(12-21)9-14-7-8-18(19(11-14)27-3)28-13-15-5-4-6-17(10-15)23(25)26/h4-11H,13H2,1-3H3/b16-9-. The second-order valence-electron chi connectivity index (χ2n) is 6.00. The largest absolute Gasteiger partial charge is 0.493 e. The van der Waals surface area contributed by atoms with Crippen LogP contribution in [0.2, 0.25) is 0 Å². The molecular formula is C20H19N3O5. The lowest BCUT2D eigenvalue weighted by atomic mass is 10.1. The summed E-state index contributed by atoms with van der Waals surface area (Å²) in [5.74, 6) is 0.449. The van der Waals surface area contributed by atoms with Crippen LogP contribution in [-0.4, -0.2) is 36.9 Å². The zero-order chi connectivity index (χ0) is 20.7. The van der Waals surface area contributed by atoms with E-state index in [1.54, 1.807) is 44.4 Å². The van der Waals surface area contributed by atoms with Gasteiger partial charge in [0, 0.05) is 26.2 Å². The summed E-state index contributed by atoms with van der Waals surface area (Å²) in [7, 11) is 4.61. The predicted molar refractivity (Wildman–Crippen MR) is 103 cm³/mol. The number of amides is 1. The van der Waals surface area contributed by atoms with E-state index in [1.165, 1.54) is 30.2 Å². The maximum absolute atomic E-state index is 12.0. The molecule has 0 N–H and O–H groups in total. The number of benzene rings is 2. The van der Waals surface area contributed by atoms with Crippen LogP contribution in [0.1, 0.15) is 11.1 Å². The van der Waals surface area contributed by atoms with Crippen molar-refractivity contribution in [2.75, 3.05) is 21.2 Å². The Kier molecular flexibility index (Phi) is 6.71. The molecule has 0 heterocycles. The van der Waals surface area contributed by atoms with E-state index in [1.807, 2.05) is 6.07 Å². The highest BCUT2D eigenvalue weighted by atomic mass is 16.6. The van der Waals surface area contributed by atoms with E-state index in [0.29, 0.717) is 22.6 Å². The molecule has 2 aromatic carbocycles. The van der Waals surface area contributed by atoms with E-state index in [2.05, 4.69) is 0 Å². The molecule has 0 unspecified atom stereocenters. The van der Waals surface area contributed by atoms with E-state index >= 15 is 0 Å². The molecule has 0 saturated heterocycles. The SMILES string of the molecule is COc1cc(/C=C(/C#N)C(=O)N(C)C)ccc1OCc1cccc([N+](=O)[O-])c1. The minimum Gasteiger partial charge on any atom is -0.493 e. The summed E-state index contributed by atoms with van der Waals surface area (Å²) in [6, 6.07) is 13.0. The average molecular weight is 381 g/mol. The lowest BCUT2D eigenvalue weighted by molar-refractivity contribution is -0.384. The van der Waals surface area contributed by atoms with Gasteiger partial charge in [-0.2, -0.15) is 5.26 Å². The minimum absolute atomic E-state index is 0.00248. The van der Waals surface area contributed by atoms with E-state index in [4.69, 9.17) is 9.47 Å². The first kappa shape index (κ1) is 20.5. The molecule has 0 atom stereocenters. The van der Waals surface area contributed by atoms with Gasteiger partial charge in [0.1, 0.15) is 18.2 Å². The summed E-state index contributed by atoms with van der Waals surface area (Å²) < 4.78 is 11.0. The van der Waals surface area contributed by atoms with E-state index in [0.717, 1.165) is 0 Å². The summed E-state index contributed by atoms with van der Waals surface area (Å²) in [5.41, 5.74) is 1.23. The van der Waals surface area contributed by atoms with E-state index in [9.17, 15) is 20.2 Å². The maximum atomic E-state index is 12.0. The number of nitrogens with zero attached hydrogens (tertiary/aromatic N) is 3. The number of nitro benzene ring substituents is 1. The number of carbonyl (C=O) groups excluding carboxylic acids is 1. The van der Waals surface area contributed by atoms with Crippen molar-refractivity contribution in [3.8, 4) is 17.6 Å². The predicted octanol–water partition coefficient (Wildman–Crippen LogP) is 3.18. The van der Waals surface area contributed by atoms with Crippen molar-refractivity contribution < 1.29 is 19.2 Å². The summed E-state index contributed by atoms with van der Waals surface area (Å²) >= 11 is 0. The smallest absolute Gasteiger partial charge is 0.269 e. The second kappa shape index (κ2) is 9.19. The quantitative estimate of drug-likeness (QED) is 0.316. The number of hydrogen-bond donors (Lipinski definition) is 0. The summed E-state index contributed by atoms with van der Waals surface area (Å²) in [5, 5.41) is 20.0. The first-order valence-corrected chi connectivity index (χ1v) is 8.23. The Bertz CT molecular complexity index is 961. The Balaban J connectivity index is 2.22. The van der Waals surface area contributed by atoms with Crippen molar-refractivity contribution in [3.63, 3.8) is 0 Å². The van der Waals surface area contributed by atoms with Gasteiger partial charge in [0.2, 0.25) is 0 Å². The highest BCUT2D eigenvalue weighted by Gasteiger charge is 2.13. The molecule has 2 rings (SSSR count). The lowest BCUT2D eigenvalue weighted by Crippen LogP contribution is -2.22. The van der Waals surface area contributed by atoms with Crippen LogP contribution in [0.4, 0.5) is 5.69 Å². The summed E-state index contributed by atoms with van der Waals surface area (Å²) in [6.45, 7) is 0.121. The van der Waals surface area contributed by atoms with E-state index < -0.39 is 10.8 Å². The van der Waals surface area contributed by atoms with Crippen LogP contribution in [0, 0.1) is 21.4 Å². The van der Waals surface area contributed by atoms with Gasteiger partial charge in [-0.3, -0.25) is 14.9 Å². The number of carbonyl (C=O) groups is 1. The van der Waals surface area contributed by atoms with Crippen molar-refractivity contribution in [3.05, 3.63) is 69.3 Å². The van der Waals surface area contributed by atoms with Gasteiger partial charge >= 0.3 is 0 Å². The monoisotopic (exact) mass is 381 g/mol. The molecule has 0 radical (unpaired) electrons. The molecule has 8 heteroatoms. The average Bonchev–Trinajstić information content (AvgIpc) is 2.70. The van der Waals surface area contributed by atoms with Gasteiger partial charge in [0.05, 0.1) is 12.0 Å². The zero-order valence-corrected chi connectivity index (χ0v) is 15.7. The molecule has 1 amide bonds. The molecule has 0 aromatic heterocycles. The van der Waals surface area contributed by atoms with Crippen molar-refractivity contribution in [2.24, 2.45) is 0 Å². The highest BCUT2D eigenvalue weighted by molar-refractivity contribution is 6.01. The van der Waals surface area contributed by atoms with Crippen LogP contribution in [0.15, 0.2) is 48.0 Å². The third kappa shape index (κ3) is 5.08. The topological polar surface area (TPSA) is 106 Å². The number of likely N-dealkylation sites (N-methyl/N-ethyl adjacent to an activating group) is 1. The first-order valence-electron chi connectivity index (χ1n) is 8.23. The summed E-state index contributed by atoms with van der Waals surface area (Å²) in [4.78, 5) is 23.7. The van der Waals surface area contributed by atoms with Crippen molar-refractivity contribution in [1.82, 2.24) is 4.90 Å². The molecule has 0 aliphatic carbocycles. The molecule has 0 fully saturated rings. The normalized spacial score (nSPS) is 10.7. The Morgan fingerprint density at radius 3 is 2.61 bits per heavy atom. The van der Waals surface area contributed by atoms with Gasteiger partial charge < -0.3 is 14.4 Å². The molecule has 144 valence electrons. The van der Waals surface area contributed by atoms with Crippen LogP contribution < -0.4 is 9.47 Å². The Hall–Kier alpha value is -3.86. The minimum atomic E-state index is -0.465. The van der Waals surface area contributed by atoms with Gasteiger partial charge in [-0.1, -0.05) is 18.2 Å². The van der Waals surface area contributed by atoms with Crippen LogP contribution in [0.3, 0.4) is 0 Å². The maximum Gasteiger partial charge on any atom is 0.269 e. The molecular weight excluding hydrogens is 362 g/mol.